The van der Waals surface area contributed by atoms with E-state index in [2.05, 4.69) is 26.0 Å². The number of halogens is 1. The molecule has 0 saturated carbocycles. The number of nitrogens with zero attached hydrogens (tertiary/aromatic N) is 3. The molecule has 0 spiro atoms. The van der Waals surface area contributed by atoms with Crippen LogP contribution < -0.4 is 29.9 Å². The van der Waals surface area contributed by atoms with Gasteiger partial charge in [0.1, 0.15) is 11.4 Å². The molecule has 0 saturated heterocycles. The molecule has 0 radical (unpaired) electrons. The van der Waals surface area contributed by atoms with Gasteiger partial charge in [-0.05, 0) is 63.8 Å². The van der Waals surface area contributed by atoms with Crippen LogP contribution in [0.2, 0.25) is 0 Å². The number of fused-ring (bicyclic) bond motifs is 1. The molecule has 36 heavy (non-hydrogen) atoms. The van der Waals surface area contributed by atoms with Gasteiger partial charge in [-0.2, -0.15) is 14.6 Å². The fourth-order valence-corrected chi connectivity index (χ4v) is 4.83. The van der Waals surface area contributed by atoms with E-state index >= 15 is 0 Å². The molecule has 0 unspecified atom stereocenters. The molecule has 9 nitrogen and oxygen atoms in total. The molecule has 0 N–H and O–H groups in total. The van der Waals surface area contributed by atoms with Crippen molar-refractivity contribution in [1.29, 1.82) is 0 Å². The molecule has 0 amide bonds. The highest BCUT2D eigenvalue weighted by molar-refractivity contribution is 9.10. The molecule has 2 aromatic carbocycles. The number of thiazole rings is 1. The Bertz CT molecular complexity index is 1600. The molecule has 0 aliphatic carbocycles. The monoisotopic (exact) mass is 571 g/mol. The van der Waals surface area contributed by atoms with Crippen LogP contribution >= 0.6 is 27.3 Å². The lowest BCUT2D eigenvalue weighted by atomic mass is 10.1. The molecule has 0 aliphatic heterocycles. The van der Waals surface area contributed by atoms with Gasteiger partial charge < -0.3 is 14.2 Å². The van der Waals surface area contributed by atoms with E-state index in [1.165, 1.54) is 14.0 Å². The lowest BCUT2D eigenvalue weighted by Crippen LogP contribution is -2.28. The number of rotatable bonds is 8. The number of benzene rings is 2. The molecule has 0 aliphatic rings. The van der Waals surface area contributed by atoms with Gasteiger partial charge in [0.15, 0.2) is 11.5 Å². The van der Waals surface area contributed by atoms with Crippen molar-refractivity contribution in [2.45, 2.75) is 26.7 Å². The minimum atomic E-state index is -0.490. The Labute approximate surface area is 218 Å². The van der Waals surface area contributed by atoms with Crippen molar-refractivity contribution < 1.29 is 19.0 Å². The molecule has 0 bridgehead atoms. The summed E-state index contributed by atoms with van der Waals surface area (Å²) >= 11 is 4.42. The number of aromatic nitrogens is 3. The zero-order valence-electron chi connectivity index (χ0n) is 19.7. The van der Waals surface area contributed by atoms with Gasteiger partial charge in [0.2, 0.25) is 4.96 Å². The minimum Gasteiger partial charge on any atom is -0.494 e. The largest absolute Gasteiger partial charge is 0.494 e. The molecular weight excluding hydrogens is 550 g/mol. The summed E-state index contributed by atoms with van der Waals surface area (Å²) in [4.78, 5) is 41.3. The van der Waals surface area contributed by atoms with Crippen LogP contribution in [0.1, 0.15) is 37.1 Å². The molecule has 2 aromatic heterocycles. The maximum atomic E-state index is 13.1. The van der Waals surface area contributed by atoms with Crippen LogP contribution in [0.5, 0.6) is 17.2 Å². The smallest absolute Gasteiger partial charge is 0.308 e. The Hall–Kier alpha value is -3.57. The number of hydrogen-bond acceptors (Lipinski definition) is 9. The highest BCUT2D eigenvalue weighted by atomic mass is 79.9. The van der Waals surface area contributed by atoms with E-state index in [1.54, 1.807) is 18.2 Å². The second-order valence-corrected chi connectivity index (χ2v) is 9.63. The number of esters is 1. The summed E-state index contributed by atoms with van der Waals surface area (Å²) in [5, 5.41) is 4.30. The quantitative estimate of drug-likeness (QED) is 0.234. The van der Waals surface area contributed by atoms with Crippen LogP contribution in [0.4, 0.5) is 0 Å². The fourth-order valence-electron chi connectivity index (χ4n) is 3.39. The van der Waals surface area contributed by atoms with E-state index in [0.29, 0.717) is 26.9 Å². The molecule has 0 fully saturated rings. The first kappa shape index (κ1) is 25.5. The van der Waals surface area contributed by atoms with E-state index < -0.39 is 17.1 Å². The Balaban J connectivity index is 1.69. The normalized spacial score (nSPS) is 11.6. The van der Waals surface area contributed by atoms with Crippen LogP contribution in [0, 0.1) is 0 Å². The van der Waals surface area contributed by atoms with Crippen molar-refractivity contribution in [1.82, 2.24) is 14.6 Å². The average molecular weight is 572 g/mol. The summed E-state index contributed by atoms with van der Waals surface area (Å²) in [5.74, 6) is 0.821. The third kappa shape index (κ3) is 5.63. The highest BCUT2D eigenvalue weighted by Gasteiger charge is 2.15. The van der Waals surface area contributed by atoms with E-state index in [1.807, 2.05) is 31.2 Å². The predicted octanol–water partition coefficient (Wildman–Crippen LogP) is 3.13. The standard InChI is InChI=1S/C25H22BrN3O6S/c1-4-9-34-17-7-5-15(6-8-17)11-19-23(31)27-25-29(28-19)24(32)21(36-25)13-16-10-18(26)22(35-14(2)30)20(12-16)33-3/h5-8,10,12-13H,4,9,11H2,1-3H3. The topological polar surface area (TPSA) is 109 Å². The van der Waals surface area contributed by atoms with Crippen molar-refractivity contribution in [2.75, 3.05) is 13.7 Å². The van der Waals surface area contributed by atoms with E-state index in [-0.39, 0.29) is 22.8 Å². The fraction of sp³-hybridized carbons (Fsp3) is 0.240. The van der Waals surface area contributed by atoms with Crippen LogP contribution in [-0.4, -0.2) is 34.3 Å². The van der Waals surface area contributed by atoms with Crippen molar-refractivity contribution in [3.63, 3.8) is 0 Å². The van der Waals surface area contributed by atoms with Gasteiger partial charge in [0, 0.05) is 13.3 Å². The van der Waals surface area contributed by atoms with Gasteiger partial charge in [-0.25, -0.2) is 0 Å². The van der Waals surface area contributed by atoms with Gasteiger partial charge >= 0.3 is 5.97 Å². The number of ether oxygens (including phenoxy) is 3. The van der Waals surface area contributed by atoms with Crippen molar-refractivity contribution in [3.05, 3.63) is 82.9 Å². The minimum absolute atomic E-state index is 0.173. The summed E-state index contributed by atoms with van der Waals surface area (Å²) in [5.41, 5.74) is 0.762. The van der Waals surface area contributed by atoms with Crippen molar-refractivity contribution in [3.8, 4) is 17.2 Å². The highest BCUT2D eigenvalue weighted by Crippen LogP contribution is 2.37. The van der Waals surface area contributed by atoms with E-state index in [0.717, 1.165) is 33.6 Å². The summed E-state index contributed by atoms with van der Waals surface area (Å²) in [7, 11) is 1.45. The predicted molar refractivity (Wildman–Crippen MR) is 139 cm³/mol. The van der Waals surface area contributed by atoms with Crippen molar-refractivity contribution >= 4 is 44.3 Å². The van der Waals surface area contributed by atoms with Crippen LogP contribution in [-0.2, 0) is 11.2 Å². The molecule has 11 heteroatoms. The maximum Gasteiger partial charge on any atom is 0.308 e. The number of carbonyl (C=O) groups excluding carboxylic acids is 1. The third-order valence-electron chi connectivity index (χ3n) is 5.01. The molecule has 2 heterocycles. The average Bonchev–Trinajstić information content (AvgIpc) is 3.14. The summed E-state index contributed by atoms with van der Waals surface area (Å²) in [6.07, 6.45) is 2.78. The van der Waals surface area contributed by atoms with Gasteiger partial charge in [-0.3, -0.25) is 14.4 Å². The van der Waals surface area contributed by atoms with Gasteiger partial charge in [0.05, 0.1) is 22.7 Å². The maximum absolute atomic E-state index is 13.1. The molecule has 0 atom stereocenters. The van der Waals surface area contributed by atoms with Gasteiger partial charge in [-0.1, -0.05) is 30.4 Å². The first-order chi connectivity index (χ1) is 17.3. The SMILES string of the molecule is CCCOc1ccc(Cc2nn3c(=O)c(=Cc4cc(Br)c(OC(C)=O)c(OC)c4)sc3nc2=O)cc1. The van der Waals surface area contributed by atoms with Gasteiger partial charge in [-0.15, -0.1) is 0 Å². The summed E-state index contributed by atoms with van der Waals surface area (Å²) < 4.78 is 18.1. The summed E-state index contributed by atoms with van der Waals surface area (Å²) in [6, 6.07) is 10.7. The Kier molecular flexibility index (Phi) is 7.80. The van der Waals surface area contributed by atoms with Crippen LogP contribution in [0.25, 0.3) is 11.0 Å². The number of carbonyl (C=O) groups is 1. The third-order valence-corrected chi connectivity index (χ3v) is 6.56. The van der Waals surface area contributed by atoms with Crippen molar-refractivity contribution in [2.24, 2.45) is 0 Å². The first-order valence-corrected chi connectivity index (χ1v) is 12.6. The molecule has 4 rings (SSSR count). The second kappa shape index (κ2) is 11.0. The second-order valence-electron chi connectivity index (χ2n) is 7.77. The molecule has 186 valence electrons. The Morgan fingerprint density at radius 1 is 1.19 bits per heavy atom. The lowest BCUT2D eigenvalue weighted by Gasteiger charge is -2.10. The Morgan fingerprint density at radius 3 is 2.61 bits per heavy atom. The molecule has 4 aromatic rings. The van der Waals surface area contributed by atoms with Gasteiger partial charge in [0.25, 0.3) is 11.1 Å². The Morgan fingerprint density at radius 2 is 1.94 bits per heavy atom. The summed E-state index contributed by atoms with van der Waals surface area (Å²) in [6.45, 7) is 3.96. The lowest BCUT2D eigenvalue weighted by molar-refractivity contribution is -0.132. The zero-order valence-corrected chi connectivity index (χ0v) is 22.1. The number of hydrogen-bond donors (Lipinski definition) is 0. The number of methoxy groups -OCH3 is 1. The van der Waals surface area contributed by atoms with E-state index in [4.69, 9.17) is 14.2 Å². The first-order valence-electron chi connectivity index (χ1n) is 11.0. The molecular formula is C25H22BrN3O6S. The zero-order chi connectivity index (χ0) is 25.8. The van der Waals surface area contributed by atoms with Crippen LogP contribution in [0.3, 0.4) is 0 Å². The van der Waals surface area contributed by atoms with Crippen LogP contribution in [0.15, 0.2) is 50.5 Å². The van der Waals surface area contributed by atoms with E-state index in [9.17, 15) is 14.4 Å².